The Kier molecular flexibility index (Phi) is 5.52. The Hall–Kier alpha value is -2.62. The lowest BCUT2D eigenvalue weighted by molar-refractivity contribution is -0.156. The molecule has 0 radical (unpaired) electrons. The third kappa shape index (κ3) is 4.42. The molecule has 4 heteroatoms. The minimum Gasteiger partial charge on any atom is -0.452 e. The van der Waals surface area contributed by atoms with Crippen molar-refractivity contribution in [1.29, 1.82) is 0 Å². The van der Waals surface area contributed by atoms with Crippen LogP contribution in [0.2, 0.25) is 0 Å². The molecule has 2 aromatic rings. The third-order valence-corrected chi connectivity index (χ3v) is 3.40. The van der Waals surface area contributed by atoms with E-state index in [0.717, 1.165) is 11.1 Å². The van der Waals surface area contributed by atoms with Crippen LogP contribution in [0, 0.1) is 5.92 Å². The number of benzene rings is 2. The van der Waals surface area contributed by atoms with Gasteiger partial charge in [-0.05, 0) is 18.6 Å². The minimum atomic E-state index is -0.839. The first-order valence-corrected chi connectivity index (χ1v) is 7.65. The highest BCUT2D eigenvalue weighted by Crippen LogP contribution is 2.27. The summed E-state index contributed by atoms with van der Waals surface area (Å²) in [7, 11) is 0. The number of hydrogen-bond acceptors (Lipinski definition) is 3. The van der Waals surface area contributed by atoms with Crippen molar-refractivity contribution < 1.29 is 14.3 Å². The van der Waals surface area contributed by atoms with E-state index in [1.165, 1.54) is 0 Å². The van der Waals surface area contributed by atoms with Gasteiger partial charge in [-0.1, -0.05) is 62.4 Å². The van der Waals surface area contributed by atoms with E-state index in [2.05, 4.69) is 5.32 Å². The Morgan fingerprint density at radius 1 is 0.913 bits per heavy atom. The first kappa shape index (κ1) is 16.7. The van der Waals surface area contributed by atoms with E-state index in [4.69, 9.17) is 4.74 Å². The van der Waals surface area contributed by atoms with Gasteiger partial charge in [-0.2, -0.15) is 0 Å². The standard InChI is InChI=1S/C19H21NO3/c1-13(2)19(22)23-14(3)18(21)20-17-12-8-7-11-16(17)15-9-5-4-6-10-15/h4-14H,1-3H3,(H,20,21)/t14-/m0/s1. The normalized spacial score (nSPS) is 11.8. The summed E-state index contributed by atoms with van der Waals surface area (Å²) in [5.74, 6) is -0.992. The lowest BCUT2D eigenvalue weighted by Gasteiger charge is -2.16. The highest BCUT2D eigenvalue weighted by Gasteiger charge is 2.20. The van der Waals surface area contributed by atoms with Crippen LogP contribution >= 0.6 is 0 Å². The van der Waals surface area contributed by atoms with E-state index >= 15 is 0 Å². The van der Waals surface area contributed by atoms with Gasteiger partial charge in [0.1, 0.15) is 0 Å². The number of esters is 1. The van der Waals surface area contributed by atoms with Gasteiger partial charge in [-0.3, -0.25) is 9.59 Å². The van der Waals surface area contributed by atoms with E-state index in [-0.39, 0.29) is 17.8 Å². The van der Waals surface area contributed by atoms with Crippen LogP contribution in [-0.4, -0.2) is 18.0 Å². The Morgan fingerprint density at radius 3 is 2.17 bits per heavy atom. The number of carbonyl (C=O) groups is 2. The van der Waals surface area contributed by atoms with Crippen molar-refractivity contribution in [3.8, 4) is 11.1 Å². The Bertz CT molecular complexity index is 680. The summed E-state index contributed by atoms with van der Waals surface area (Å²) < 4.78 is 5.14. The zero-order valence-corrected chi connectivity index (χ0v) is 13.6. The minimum absolute atomic E-state index is 0.262. The zero-order valence-electron chi connectivity index (χ0n) is 13.6. The highest BCUT2D eigenvalue weighted by atomic mass is 16.5. The fourth-order valence-electron chi connectivity index (χ4n) is 2.06. The van der Waals surface area contributed by atoms with Crippen LogP contribution in [0.5, 0.6) is 0 Å². The van der Waals surface area contributed by atoms with Crippen LogP contribution in [0.15, 0.2) is 54.6 Å². The topological polar surface area (TPSA) is 55.4 Å². The Balaban J connectivity index is 2.14. The Morgan fingerprint density at radius 2 is 1.52 bits per heavy atom. The first-order valence-electron chi connectivity index (χ1n) is 7.65. The van der Waals surface area contributed by atoms with Crippen molar-refractivity contribution in [1.82, 2.24) is 0 Å². The molecule has 4 nitrogen and oxygen atoms in total. The second-order valence-corrected chi connectivity index (χ2v) is 5.63. The molecule has 0 saturated carbocycles. The predicted molar refractivity (Wildman–Crippen MR) is 90.9 cm³/mol. The molecule has 23 heavy (non-hydrogen) atoms. The molecule has 0 unspecified atom stereocenters. The molecule has 0 heterocycles. The number of rotatable bonds is 5. The lowest BCUT2D eigenvalue weighted by atomic mass is 10.0. The van der Waals surface area contributed by atoms with Gasteiger partial charge >= 0.3 is 5.97 Å². The molecule has 0 aliphatic rings. The molecule has 0 aliphatic heterocycles. The first-order chi connectivity index (χ1) is 11.0. The van der Waals surface area contributed by atoms with Gasteiger partial charge in [0.2, 0.25) is 0 Å². The average Bonchev–Trinajstić information content (AvgIpc) is 2.56. The number of nitrogens with one attached hydrogen (secondary N) is 1. The summed E-state index contributed by atoms with van der Waals surface area (Å²) in [5, 5.41) is 2.84. The number of para-hydroxylation sites is 1. The lowest BCUT2D eigenvalue weighted by Crippen LogP contribution is -2.31. The SMILES string of the molecule is CC(C)C(=O)O[C@@H](C)C(=O)Nc1ccccc1-c1ccccc1. The number of anilines is 1. The van der Waals surface area contributed by atoms with Gasteiger partial charge in [0, 0.05) is 11.3 Å². The third-order valence-electron chi connectivity index (χ3n) is 3.40. The summed E-state index contributed by atoms with van der Waals surface area (Å²) in [5.41, 5.74) is 2.62. The molecule has 0 aliphatic carbocycles. The van der Waals surface area contributed by atoms with Gasteiger partial charge < -0.3 is 10.1 Å². The smallest absolute Gasteiger partial charge is 0.309 e. The zero-order chi connectivity index (χ0) is 16.8. The van der Waals surface area contributed by atoms with E-state index in [1.54, 1.807) is 20.8 Å². The van der Waals surface area contributed by atoms with Crippen LogP contribution in [0.4, 0.5) is 5.69 Å². The molecule has 0 aromatic heterocycles. The van der Waals surface area contributed by atoms with Crippen LogP contribution in [0.1, 0.15) is 20.8 Å². The van der Waals surface area contributed by atoms with Gasteiger partial charge in [0.25, 0.3) is 5.91 Å². The number of hydrogen-bond donors (Lipinski definition) is 1. The highest BCUT2D eigenvalue weighted by molar-refractivity contribution is 5.98. The van der Waals surface area contributed by atoms with Crippen molar-refractivity contribution in [3.05, 3.63) is 54.6 Å². The quantitative estimate of drug-likeness (QED) is 0.853. The number of ether oxygens (including phenoxy) is 1. The molecule has 0 fully saturated rings. The van der Waals surface area contributed by atoms with E-state index in [9.17, 15) is 9.59 Å². The second kappa shape index (κ2) is 7.58. The summed E-state index contributed by atoms with van der Waals surface area (Å²) in [6.07, 6.45) is -0.839. The predicted octanol–water partition coefficient (Wildman–Crippen LogP) is 3.88. The van der Waals surface area contributed by atoms with Crippen molar-refractivity contribution in [2.24, 2.45) is 5.92 Å². The maximum atomic E-state index is 12.3. The van der Waals surface area contributed by atoms with Gasteiger partial charge in [-0.25, -0.2) is 0 Å². The fraction of sp³-hybridized carbons (Fsp3) is 0.263. The fourth-order valence-corrected chi connectivity index (χ4v) is 2.06. The Labute approximate surface area is 136 Å². The summed E-state index contributed by atoms with van der Waals surface area (Å²) in [4.78, 5) is 23.9. The van der Waals surface area contributed by atoms with E-state index < -0.39 is 6.10 Å². The summed E-state index contributed by atoms with van der Waals surface area (Å²) in [6, 6.07) is 17.3. The van der Waals surface area contributed by atoms with Crippen LogP contribution in [0.25, 0.3) is 11.1 Å². The molecule has 1 amide bonds. The van der Waals surface area contributed by atoms with Crippen molar-refractivity contribution in [2.75, 3.05) is 5.32 Å². The molecule has 0 bridgehead atoms. The van der Waals surface area contributed by atoms with Gasteiger partial charge in [0.15, 0.2) is 6.10 Å². The van der Waals surface area contributed by atoms with Crippen LogP contribution in [-0.2, 0) is 14.3 Å². The van der Waals surface area contributed by atoms with Gasteiger partial charge in [0.05, 0.1) is 5.92 Å². The van der Waals surface area contributed by atoms with Crippen molar-refractivity contribution >= 4 is 17.6 Å². The van der Waals surface area contributed by atoms with Crippen molar-refractivity contribution in [2.45, 2.75) is 26.9 Å². The maximum absolute atomic E-state index is 12.3. The van der Waals surface area contributed by atoms with Crippen molar-refractivity contribution in [3.63, 3.8) is 0 Å². The molecular weight excluding hydrogens is 290 g/mol. The summed E-state index contributed by atoms with van der Waals surface area (Å²) >= 11 is 0. The number of amides is 1. The van der Waals surface area contributed by atoms with Gasteiger partial charge in [-0.15, -0.1) is 0 Å². The molecule has 1 N–H and O–H groups in total. The largest absolute Gasteiger partial charge is 0.452 e. The molecule has 1 atom stereocenters. The molecule has 0 saturated heterocycles. The molecule has 120 valence electrons. The molecular formula is C19H21NO3. The number of carbonyl (C=O) groups excluding carboxylic acids is 2. The molecule has 0 spiro atoms. The summed E-state index contributed by atoms with van der Waals surface area (Å²) in [6.45, 7) is 5.04. The molecule has 2 aromatic carbocycles. The monoisotopic (exact) mass is 311 g/mol. The molecule has 2 rings (SSSR count). The van der Waals surface area contributed by atoms with E-state index in [1.807, 2.05) is 54.6 Å². The van der Waals surface area contributed by atoms with E-state index in [0.29, 0.717) is 5.69 Å². The van der Waals surface area contributed by atoms with Crippen LogP contribution in [0.3, 0.4) is 0 Å². The maximum Gasteiger partial charge on any atom is 0.309 e. The van der Waals surface area contributed by atoms with Crippen LogP contribution < -0.4 is 5.32 Å². The second-order valence-electron chi connectivity index (χ2n) is 5.63. The average molecular weight is 311 g/mol.